The van der Waals surface area contributed by atoms with Gasteiger partial charge in [0.2, 0.25) is 0 Å². The van der Waals surface area contributed by atoms with Crippen LogP contribution in [0.2, 0.25) is 0 Å². The second kappa shape index (κ2) is 2.13. The van der Waals surface area contributed by atoms with Crippen molar-refractivity contribution >= 4 is 0 Å². The quantitative estimate of drug-likeness (QED) is 0.633. The summed E-state index contributed by atoms with van der Waals surface area (Å²) in [5.74, 6) is 1.62. The molecule has 0 aromatic carbocycles. The molecule has 0 fully saturated rings. The van der Waals surface area contributed by atoms with Gasteiger partial charge < -0.3 is 10.2 Å². The number of rotatable bonds is 1. The molecule has 0 aliphatic heterocycles. The fourth-order valence-corrected chi connectivity index (χ4v) is 1.60. The summed E-state index contributed by atoms with van der Waals surface area (Å²) in [4.78, 5) is 0. The van der Waals surface area contributed by atoms with Crippen LogP contribution < -0.4 is 5.73 Å². The van der Waals surface area contributed by atoms with Crippen LogP contribution in [0.15, 0.2) is 16.7 Å². The van der Waals surface area contributed by atoms with Crippen molar-refractivity contribution in [2.24, 2.45) is 5.73 Å². The number of nitrogens with two attached hydrogens (primary N) is 1. The van der Waals surface area contributed by atoms with Gasteiger partial charge in [-0.05, 0) is 24.5 Å². The Labute approximate surface area is 60.0 Å². The van der Waals surface area contributed by atoms with Crippen molar-refractivity contribution in [2.75, 3.05) is 6.54 Å². The molecule has 10 heavy (non-hydrogen) atoms. The number of hydrogen-bond donors (Lipinski definition) is 1. The summed E-state index contributed by atoms with van der Waals surface area (Å²) in [7, 11) is 0. The van der Waals surface area contributed by atoms with Gasteiger partial charge in [0.25, 0.3) is 0 Å². The van der Waals surface area contributed by atoms with Crippen molar-refractivity contribution in [1.82, 2.24) is 0 Å². The largest absolute Gasteiger partial charge is 0.469 e. The Kier molecular flexibility index (Phi) is 1.27. The van der Waals surface area contributed by atoms with E-state index < -0.39 is 0 Å². The van der Waals surface area contributed by atoms with Crippen LogP contribution in [0.1, 0.15) is 23.7 Å². The van der Waals surface area contributed by atoms with Crippen LogP contribution in [-0.2, 0) is 6.42 Å². The van der Waals surface area contributed by atoms with Crippen LogP contribution in [0.5, 0.6) is 0 Å². The lowest BCUT2D eigenvalue weighted by atomic mass is 10.1. The normalized spacial score (nSPS) is 23.1. The molecular formula is C8H11NO. The number of aryl methyl sites for hydroxylation is 1. The summed E-state index contributed by atoms with van der Waals surface area (Å²) < 4.78 is 5.30. The molecule has 0 amide bonds. The lowest BCUT2D eigenvalue weighted by Crippen LogP contribution is -2.08. The molecule has 0 saturated heterocycles. The maximum atomic E-state index is 5.55. The van der Waals surface area contributed by atoms with E-state index in [-0.39, 0.29) is 0 Å². The summed E-state index contributed by atoms with van der Waals surface area (Å²) >= 11 is 0. The maximum Gasteiger partial charge on any atom is 0.111 e. The van der Waals surface area contributed by atoms with E-state index >= 15 is 0 Å². The topological polar surface area (TPSA) is 39.2 Å². The van der Waals surface area contributed by atoms with E-state index in [1.54, 1.807) is 6.26 Å². The molecule has 2 heteroatoms. The van der Waals surface area contributed by atoms with Crippen molar-refractivity contribution in [3.8, 4) is 0 Å². The first-order chi connectivity index (χ1) is 4.92. The summed E-state index contributed by atoms with van der Waals surface area (Å²) in [5.41, 5.74) is 6.90. The van der Waals surface area contributed by atoms with Gasteiger partial charge in [0.05, 0.1) is 6.26 Å². The van der Waals surface area contributed by atoms with E-state index in [0.29, 0.717) is 5.92 Å². The van der Waals surface area contributed by atoms with Gasteiger partial charge in [-0.1, -0.05) is 0 Å². The number of fused-ring (bicyclic) bond motifs is 1. The van der Waals surface area contributed by atoms with Gasteiger partial charge in [0, 0.05) is 12.5 Å². The molecule has 2 N–H and O–H groups in total. The first kappa shape index (κ1) is 5.98. The molecule has 54 valence electrons. The molecule has 1 atom stereocenters. The fourth-order valence-electron chi connectivity index (χ4n) is 1.60. The summed E-state index contributed by atoms with van der Waals surface area (Å²) in [5, 5.41) is 0. The maximum absolute atomic E-state index is 5.55. The Morgan fingerprint density at radius 2 is 2.60 bits per heavy atom. The minimum absolute atomic E-state index is 0.491. The molecule has 1 heterocycles. The van der Waals surface area contributed by atoms with E-state index in [0.717, 1.165) is 18.7 Å². The van der Waals surface area contributed by atoms with Crippen LogP contribution in [0.4, 0.5) is 0 Å². The van der Waals surface area contributed by atoms with Gasteiger partial charge in [0.15, 0.2) is 0 Å². The third-order valence-corrected chi connectivity index (χ3v) is 2.20. The predicted octanol–water partition coefficient (Wildman–Crippen LogP) is 1.27. The second-order valence-electron chi connectivity index (χ2n) is 2.78. The van der Waals surface area contributed by atoms with Crippen molar-refractivity contribution in [2.45, 2.75) is 18.8 Å². The zero-order valence-electron chi connectivity index (χ0n) is 5.84. The van der Waals surface area contributed by atoms with Crippen LogP contribution in [0, 0.1) is 0 Å². The van der Waals surface area contributed by atoms with Crippen molar-refractivity contribution < 1.29 is 4.42 Å². The van der Waals surface area contributed by atoms with Gasteiger partial charge >= 0.3 is 0 Å². The Balaban J connectivity index is 2.34. The SMILES string of the molecule is NCC1CCc2ccoc21. The smallest absolute Gasteiger partial charge is 0.111 e. The minimum Gasteiger partial charge on any atom is -0.469 e. The Morgan fingerprint density at radius 1 is 1.70 bits per heavy atom. The van der Waals surface area contributed by atoms with Crippen LogP contribution in [-0.4, -0.2) is 6.54 Å². The van der Waals surface area contributed by atoms with E-state index in [1.165, 1.54) is 12.0 Å². The molecule has 0 bridgehead atoms. The number of furan rings is 1. The standard InChI is InChI=1S/C8H11NO/c9-5-7-2-1-6-3-4-10-8(6)7/h3-4,7H,1-2,5,9H2. The van der Waals surface area contributed by atoms with Gasteiger partial charge in [-0.3, -0.25) is 0 Å². The monoisotopic (exact) mass is 137 g/mol. The highest BCUT2D eigenvalue weighted by Crippen LogP contribution is 2.32. The van der Waals surface area contributed by atoms with E-state index in [1.807, 2.05) is 6.07 Å². The molecule has 1 aliphatic carbocycles. The average Bonchev–Trinajstić information content (AvgIpc) is 2.44. The van der Waals surface area contributed by atoms with Gasteiger partial charge in [-0.25, -0.2) is 0 Å². The first-order valence-electron chi connectivity index (χ1n) is 3.68. The predicted molar refractivity (Wildman–Crippen MR) is 38.8 cm³/mol. The summed E-state index contributed by atoms with van der Waals surface area (Å²) in [6.45, 7) is 0.723. The van der Waals surface area contributed by atoms with Crippen molar-refractivity contribution in [3.63, 3.8) is 0 Å². The molecule has 0 radical (unpaired) electrons. The molecular weight excluding hydrogens is 126 g/mol. The number of hydrogen-bond acceptors (Lipinski definition) is 2. The molecule has 0 spiro atoms. The van der Waals surface area contributed by atoms with Gasteiger partial charge in [-0.2, -0.15) is 0 Å². The lowest BCUT2D eigenvalue weighted by Gasteiger charge is -2.01. The second-order valence-corrected chi connectivity index (χ2v) is 2.78. The van der Waals surface area contributed by atoms with Crippen molar-refractivity contribution in [3.05, 3.63) is 23.7 Å². The van der Waals surface area contributed by atoms with Crippen molar-refractivity contribution in [1.29, 1.82) is 0 Å². The zero-order valence-corrected chi connectivity index (χ0v) is 5.84. The molecule has 0 saturated carbocycles. The molecule has 1 aliphatic rings. The summed E-state index contributed by atoms with van der Waals surface area (Å²) in [6.07, 6.45) is 4.08. The Morgan fingerprint density at radius 3 is 3.40 bits per heavy atom. The minimum atomic E-state index is 0.491. The highest BCUT2D eigenvalue weighted by molar-refractivity contribution is 5.26. The van der Waals surface area contributed by atoms with Crippen LogP contribution >= 0.6 is 0 Å². The highest BCUT2D eigenvalue weighted by Gasteiger charge is 2.23. The van der Waals surface area contributed by atoms with E-state index in [2.05, 4.69) is 0 Å². The Hall–Kier alpha value is -0.760. The molecule has 1 unspecified atom stereocenters. The van der Waals surface area contributed by atoms with Crippen LogP contribution in [0.25, 0.3) is 0 Å². The molecule has 1 aromatic heterocycles. The molecule has 2 rings (SSSR count). The van der Waals surface area contributed by atoms with Crippen LogP contribution in [0.3, 0.4) is 0 Å². The molecule has 2 nitrogen and oxygen atoms in total. The molecule has 1 aromatic rings. The first-order valence-corrected chi connectivity index (χ1v) is 3.68. The highest BCUT2D eigenvalue weighted by atomic mass is 16.3. The summed E-state index contributed by atoms with van der Waals surface area (Å²) in [6, 6.07) is 2.05. The average molecular weight is 137 g/mol. The van der Waals surface area contributed by atoms with E-state index in [4.69, 9.17) is 10.2 Å². The zero-order chi connectivity index (χ0) is 6.97. The van der Waals surface area contributed by atoms with Gasteiger partial charge in [-0.15, -0.1) is 0 Å². The third-order valence-electron chi connectivity index (χ3n) is 2.20. The van der Waals surface area contributed by atoms with Gasteiger partial charge in [0.1, 0.15) is 5.76 Å². The van der Waals surface area contributed by atoms with E-state index in [9.17, 15) is 0 Å². The fraction of sp³-hybridized carbons (Fsp3) is 0.500. The Bertz CT molecular complexity index is 229. The third kappa shape index (κ3) is 0.688. The lowest BCUT2D eigenvalue weighted by molar-refractivity contribution is 0.471.